The lowest BCUT2D eigenvalue weighted by atomic mass is 10.3. The van der Waals surface area contributed by atoms with E-state index >= 15 is 0 Å². The highest BCUT2D eigenvalue weighted by atomic mass is 32.2. The molecular formula is C8H13NO3S. The molecule has 0 fully saturated rings. The maximum atomic E-state index is 10.9. The molecule has 13 heavy (non-hydrogen) atoms. The van der Waals surface area contributed by atoms with E-state index in [-0.39, 0.29) is 16.9 Å². The fraction of sp³-hybridized carbons (Fsp3) is 0.625. The highest BCUT2D eigenvalue weighted by Crippen LogP contribution is 2.04. The van der Waals surface area contributed by atoms with Gasteiger partial charge in [0.2, 0.25) is 11.8 Å². The molecule has 0 aromatic carbocycles. The van der Waals surface area contributed by atoms with Crippen molar-refractivity contribution in [3.8, 4) is 0 Å². The van der Waals surface area contributed by atoms with Gasteiger partial charge in [-0.2, -0.15) is 0 Å². The van der Waals surface area contributed by atoms with Crippen molar-refractivity contribution in [2.75, 3.05) is 5.75 Å². The summed E-state index contributed by atoms with van der Waals surface area (Å²) < 4.78 is 0. The first-order chi connectivity index (χ1) is 6.02. The average Bonchev–Trinajstić information content (AvgIpc) is 1.96. The number of imide groups is 1. The number of thioether (sulfide) groups is 1. The summed E-state index contributed by atoms with van der Waals surface area (Å²) in [5.74, 6) is 0.00146. The first-order valence-corrected chi connectivity index (χ1v) is 4.94. The largest absolute Gasteiger partial charge is 0.297 e. The van der Waals surface area contributed by atoms with Gasteiger partial charge in [0.25, 0.3) is 0 Å². The van der Waals surface area contributed by atoms with Crippen LogP contribution < -0.4 is 5.32 Å². The van der Waals surface area contributed by atoms with E-state index in [1.54, 1.807) is 0 Å². The van der Waals surface area contributed by atoms with Gasteiger partial charge in [-0.1, -0.05) is 11.8 Å². The van der Waals surface area contributed by atoms with Gasteiger partial charge in [-0.3, -0.25) is 19.7 Å². The fourth-order valence-electron chi connectivity index (χ4n) is 0.707. The van der Waals surface area contributed by atoms with Gasteiger partial charge in [-0.25, -0.2) is 0 Å². The van der Waals surface area contributed by atoms with E-state index < -0.39 is 0 Å². The van der Waals surface area contributed by atoms with E-state index in [1.165, 1.54) is 25.6 Å². The van der Waals surface area contributed by atoms with Gasteiger partial charge in [0.05, 0.1) is 0 Å². The molecule has 4 nitrogen and oxygen atoms in total. The fourth-order valence-corrected chi connectivity index (χ4v) is 1.28. The molecule has 0 saturated heterocycles. The number of rotatable bonds is 4. The van der Waals surface area contributed by atoms with Crippen LogP contribution in [0.25, 0.3) is 0 Å². The lowest BCUT2D eigenvalue weighted by Gasteiger charge is -1.99. The molecule has 2 amide bonds. The molecule has 0 aromatic rings. The molecule has 0 radical (unpaired) electrons. The van der Waals surface area contributed by atoms with Gasteiger partial charge >= 0.3 is 0 Å². The first kappa shape index (κ1) is 12.2. The van der Waals surface area contributed by atoms with Gasteiger partial charge in [0, 0.05) is 26.0 Å². The summed E-state index contributed by atoms with van der Waals surface area (Å²) in [6, 6.07) is 0. The summed E-state index contributed by atoms with van der Waals surface area (Å²) in [5, 5.41) is 2.21. The predicted molar refractivity (Wildman–Crippen MR) is 51.2 cm³/mol. The van der Waals surface area contributed by atoms with E-state index in [0.717, 1.165) is 0 Å². The van der Waals surface area contributed by atoms with E-state index in [0.29, 0.717) is 18.6 Å². The molecule has 0 saturated carbocycles. The number of amides is 2. The van der Waals surface area contributed by atoms with E-state index in [2.05, 4.69) is 5.32 Å². The minimum Gasteiger partial charge on any atom is -0.297 e. The van der Waals surface area contributed by atoms with Crippen LogP contribution in [-0.4, -0.2) is 22.7 Å². The number of hydrogen-bond acceptors (Lipinski definition) is 4. The second-order valence-electron chi connectivity index (χ2n) is 2.55. The molecule has 0 atom stereocenters. The van der Waals surface area contributed by atoms with Crippen LogP contribution in [-0.2, 0) is 14.4 Å². The molecule has 0 aliphatic heterocycles. The minimum absolute atomic E-state index is 0.0481. The summed E-state index contributed by atoms with van der Waals surface area (Å²) >= 11 is 1.19. The standard InChI is InChI=1S/C8H13NO3S/c1-6(10)9-8(12)4-3-5-13-7(2)11/h3-5H2,1-2H3,(H,9,10,12). The van der Waals surface area contributed by atoms with Crippen LogP contribution in [0.2, 0.25) is 0 Å². The summed E-state index contributed by atoms with van der Waals surface area (Å²) in [4.78, 5) is 31.8. The number of hydrogen-bond donors (Lipinski definition) is 1. The Hall–Kier alpha value is -0.840. The molecule has 0 aliphatic carbocycles. The van der Waals surface area contributed by atoms with Crippen molar-refractivity contribution in [2.24, 2.45) is 0 Å². The van der Waals surface area contributed by atoms with Crippen molar-refractivity contribution in [3.63, 3.8) is 0 Å². The van der Waals surface area contributed by atoms with Crippen LogP contribution in [0.15, 0.2) is 0 Å². The number of carbonyl (C=O) groups is 3. The third kappa shape index (κ3) is 9.07. The predicted octanol–water partition coefficient (Wildman–Crippen LogP) is 0.709. The zero-order valence-corrected chi connectivity index (χ0v) is 8.57. The van der Waals surface area contributed by atoms with Crippen LogP contribution >= 0.6 is 11.8 Å². The first-order valence-electron chi connectivity index (χ1n) is 3.96. The van der Waals surface area contributed by atoms with Crippen LogP contribution in [0.4, 0.5) is 0 Å². The monoisotopic (exact) mass is 203 g/mol. The van der Waals surface area contributed by atoms with E-state index in [9.17, 15) is 14.4 Å². The average molecular weight is 203 g/mol. The zero-order chi connectivity index (χ0) is 10.3. The second-order valence-corrected chi connectivity index (χ2v) is 3.82. The van der Waals surface area contributed by atoms with Crippen LogP contribution in [0, 0.1) is 0 Å². The van der Waals surface area contributed by atoms with Crippen molar-refractivity contribution >= 4 is 28.7 Å². The molecule has 0 bridgehead atoms. The van der Waals surface area contributed by atoms with Crippen LogP contribution in [0.5, 0.6) is 0 Å². The Morgan fingerprint density at radius 3 is 2.31 bits per heavy atom. The summed E-state index contributed by atoms with van der Waals surface area (Å²) in [6.45, 7) is 2.78. The second kappa shape index (κ2) is 6.65. The van der Waals surface area contributed by atoms with Crippen molar-refractivity contribution < 1.29 is 14.4 Å². The molecular weight excluding hydrogens is 190 g/mol. The topological polar surface area (TPSA) is 63.2 Å². The highest BCUT2D eigenvalue weighted by Gasteiger charge is 2.03. The van der Waals surface area contributed by atoms with E-state index in [1.807, 2.05) is 0 Å². The Balaban J connectivity index is 3.37. The Morgan fingerprint density at radius 1 is 1.23 bits per heavy atom. The Kier molecular flexibility index (Phi) is 6.22. The third-order valence-corrected chi connectivity index (χ3v) is 2.07. The summed E-state index contributed by atoms with van der Waals surface area (Å²) in [6.07, 6.45) is 0.906. The lowest BCUT2D eigenvalue weighted by Crippen LogP contribution is -2.27. The van der Waals surface area contributed by atoms with Gasteiger partial charge < -0.3 is 0 Å². The summed E-state index contributed by atoms with van der Waals surface area (Å²) in [7, 11) is 0. The third-order valence-electron chi connectivity index (χ3n) is 1.17. The molecule has 0 unspecified atom stereocenters. The molecule has 74 valence electrons. The van der Waals surface area contributed by atoms with Gasteiger partial charge in [-0.15, -0.1) is 0 Å². The smallest absolute Gasteiger partial charge is 0.226 e. The lowest BCUT2D eigenvalue weighted by molar-refractivity contribution is -0.129. The van der Waals surface area contributed by atoms with E-state index in [4.69, 9.17) is 0 Å². The molecule has 0 heterocycles. The van der Waals surface area contributed by atoms with Gasteiger partial charge in [-0.05, 0) is 6.42 Å². The van der Waals surface area contributed by atoms with Crippen LogP contribution in [0.1, 0.15) is 26.7 Å². The Morgan fingerprint density at radius 2 is 1.85 bits per heavy atom. The molecule has 5 heteroatoms. The Bertz CT molecular complexity index is 215. The molecule has 0 aromatic heterocycles. The van der Waals surface area contributed by atoms with Crippen molar-refractivity contribution in [2.45, 2.75) is 26.7 Å². The van der Waals surface area contributed by atoms with Gasteiger partial charge in [0.1, 0.15) is 0 Å². The van der Waals surface area contributed by atoms with Crippen molar-refractivity contribution in [3.05, 3.63) is 0 Å². The number of nitrogens with one attached hydrogen (secondary N) is 1. The van der Waals surface area contributed by atoms with Crippen molar-refractivity contribution in [1.29, 1.82) is 0 Å². The normalized spacial score (nSPS) is 9.38. The molecule has 0 spiro atoms. The van der Waals surface area contributed by atoms with Gasteiger partial charge in [0.15, 0.2) is 5.12 Å². The maximum absolute atomic E-state index is 10.9. The van der Waals surface area contributed by atoms with Crippen molar-refractivity contribution in [1.82, 2.24) is 5.32 Å². The van der Waals surface area contributed by atoms with Crippen LogP contribution in [0.3, 0.4) is 0 Å². The molecule has 0 aliphatic rings. The maximum Gasteiger partial charge on any atom is 0.226 e. The SMILES string of the molecule is CC(=O)NC(=O)CCCSC(C)=O. The molecule has 0 rings (SSSR count). The Labute approximate surface area is 81.5 Å². The highest BCUT2D eigenvalue weighted by molar-refractivity contribution is 8.13. The zero-order valence-electron chi connectivity index (χ0n) is 7.75. The molecule has 1 N–H and O–H groups in total. The number of carbonyl (C=O) groups excluding carboxylic acids is 3. The summed E-state index contributed by atoms with van der Waals surface area (Å²) in [5.41, 5.74) is 0. The quantitative estimate of drug-likeness (QED) is 0.683. The minimum atomic E-state index is -0.343.